The van der Waals surface area contributed by atoms with Crippen molar-refractivity contribution in [3.63, 3.8) is 0 Å². The number of benzene rings is 3. The van der Waals surface area contributed by atoms with Gasteiger partial charge in [0.15, 0.2) is 0 Å². The van der Waals surface area contributed by atoms with E-state index < -0.39 is 17.7 Å². The van der Waals surface area contributed by atoms with Gasteiger partial charge in [0.1, 0.15) is 18.1 Å². The molecule has 0 saturated carbocycles. The van der Waals surface area contributed by atoms with Gasteiger partial charge in [-0.2, -0.15) is 0 Å². The smallest absolute Gasteiger partial charge is 0.296 e. The van der Waals surface area contributed by atoms with Crippen LogP contribution in [0.3, 0.4) is 0 Å². The highest BCUT2D eigenvalue weighted by Crippen LogP contribution is 2.41. The van der Waals surface area contributed by atoms with Gasteiger partial charge in [-0.05, 0) is 66.1 Å². The van der Waals surface area contributed by atoms with Crippen LogP contribution < -0.4 is 9.64 Å². The van der Waals surface area contributed by atoms with E-state index in [1.165, 1.54) is 4.90 Å². The van der Waals surface area contributed by atoms with Gasteiger partial charge in [0.2, 0.25) is 0 Å². The first-order valence-electron chi connectivity index (χ1n) is 13.1. The van der Waals surface area contributed by atoms with Crippen LogP contribution in [-0.2, 0) is 22.7 Å². The summed E-state index contributed by atoms with van der Waals surface area (Å²) in [5.41, 5.74) is 4.69. The van der Waals surface area contributed by atoms with Gasteiger partial charge in [-0.25, -0.2) is 0 Å². The van der Waals surface area contributed by atoms with Crippen LogP contribution in [0.4, 0.5) is 5.69 Å². The molecule has 1 amide bonds. The summed E-state index contributed by atoms with van der Waals surface area (Å²) >= 11 is 0. The second kappa shape index (κ2) is 11.5. The fourth-order valence-corrected chi connectivity index (χ4v) is 4.86. The fraction of sp³-hybridized carbons (Fsp3) is 0.182. The molecule has 1 atom stereocenters. The molecular formula is C33H31N3O4. The number of aliphatic hydroxyl groups excluding tert-OH is 1. The summed E-state index contributed by atoms with van der Waals surface area (Å²) in [7, 11) is 3.88. The van der Waals surface area contributed by atoms with Gasteiger partial charge in [0, 0.05) is 31.5 Å². The standard InChI is InChI=1S/C33H31N3O4/c1-22-19-25(14-17-28(22)40-21-23-9-5-4-6-10-23)31(37)29-30(24-12-15-27(16-13-24)35(2)3)36(33(39)32(29)38)20-26-11-7-8-18-34-26/h4-19,30,37H,20-21H2,1-3H3/b31-29-. The second-order valence-electron chi connectivity index (χ2n) is 9.99. The van der Waals surface area contributed by atoms with Crippen LogP contribution in [0, 0.1) is 6.92 Å². The lowest BCUT2D eigenvalue weighted by Crippen LogP contribution is -2.29. The van der Waals surface area contributed by atoms with E-state index in [1.807, 2.05) is 92.6 Å². The SMILES string of the molecule is Cc1cc(/C(O)=C2/C(=O)C(=O)N(Cc3ccccn3)C2c2ccc(N(C)C)cc2)ccc1OCc1ccccc1. The van der Waals surface area contributed by atoms with Gasteiger partial charge in [0.05, 0.1) is 23.9 Å². The number of rotatable bonds is 8. The molecule has 1 N–H and O–H groups in total. The highest BCUT2D eigenvalue weighted by molar-refractivity contribution is 6.46. The molecule has 1 aromatic heterocycles. The van der Waals surface area contributed by atoms with E-state index in [2.05, 4.69) is 4.98 Å². The molecule has 7 heteroatoms. The lowest BCUT2D eigenvalue weighted by atomic mass is 9.94. The van der Waals surface area contributed by atoms with Gasteiger partial charge in [-0.3, -0.25) is 14.6 Å². The zero-order valence-electron chi connectivity index (χ0n) is 22.7. The van der Waals surface area contributed by atoms with Crippen molar-refractivity contribution in [2.24, 2.45) is 0 Å². The molecule has 7 nitrogen and oxygen atoms in total. The molecule has 1 saturated heterocycles. The highest BCUT2D eigenvalue weighted by Gasteiger charge is 2.46. The Bertz CT molecular complexity index is 1550. The van der Waals surface area contributed by atoms with Gasteiger partial charge < -0.3 is 19.6 Å². The van der Waals surface area contributed by atoms with Crippen molar-refractivity contribution in [3.8, 4) is 5.75 Å². The van der Waals surface area contributed by atoms with Gasteiger partial charge in [-0.1, -0.05) is 48.5 Å². The number of pyridine rings is 1. The van der Waals surface area contributed by atoms with E-state index in [0.717, 1.165) is 22.4 Å². The Morgan fingerprint density at radius 2 is 1.68 bits per heavy atom. The van der Waals surface area contributed by atoms with Crippen molar-refractivity contribution < 1.29 is 19.4 Å². The van der Waals surface area contributed by atoms with Crippen LogP contribution in [0.1, 0.15) is 34.0 Å². The molecule has 40 heavy (non-hydrogen) atoms. The highest BCUT2D eigenvalue weighted by atomic mass is 16.5. The Labute approximate surface area is 234 Å². The molecule has 1 unspecified atom stereocenters. The number of ketones is 1. The quantitative estimate of drug-likeness (QED) is 0.179. The van der Waals surface area contributed by atoms with Crippen LogP contribution in [0.5, 0.6) is 5.75 Å². The minimum Gasteiger partial charge on any atom is -0.507 e. The van der Waals surface area contributed by atoms with E-state index in [9.17, 15) is 14.7 Å². The zero-order valence-corrected chi connectivity index (χ0v) is 22.7. The first-order chi connectivity index (χ1) is 19.3. The Morgan fingerprint density at radius 1 is 0.950 bits per heavy atom. The lowest BCUT2D eigenvalue weighted by molar-refractivity contribution is -0.140. The number of aliphatic hydroxyl groups is 1. The van der Waals surface area contributed by atoms with Gasteiger partial charge in [-0.15, -0.1) is 0 Å². The number of ether oxygens (including phenoxy) is 1. The van der Waals surface area contributed by atoms with Crippen molar-refractivity contribution in [1.29, 1.82) is 0 Å². The van der Waals surface area contributed by atoms with Crippen molar-refractivity contribution in [2.45, 2.75) is 26.1 Å². The Balaban J connectivity index is 1.52. The molecule has 1 aliphatic rings. The van der Waals surface area contributed by atoms with Crippen molar-refractivity contribution in [3.05, 3.63) is 131 Å². The average molecular weight is 534 g/mol. The maximum Gasteiger partial charge on any atom is 0.296 e. The number of carbonyl (C=O) groups is 2. The molecule has 0 bridgehead atoms. The number of hydrogen-bond donors (Lipinski definition) is 1. The Kier molecular flexibility index (Phi) is 7.64. The summed E-state index contributed by atoms with van der Waals surface area (Å²) in [5, 5.41) is 11.5. The number of amides is 1. The van der Waals surface area contributed by atoms with Crippen molar-refractivity contribution in [2.75, 3.05) is 19.0 Å². The van der Waals surface area contributed by atoms with E-state index in [0.29, 0.717) is 23.6 Å². The predicted octanol–water partition coefficient (Wildman–Crippen LogP) is 5.66. The minimum absolute atomic E-state index is 0.0517. The Morgan fingerprint density at radius 3 is 2.33 bits per heavy atom. The van der Waals surface area contributed by atoms with Crippen LogP contribution in [0.25, 0.3) is 5.76 Å². The molecule has 4 aromatic rings. The lowest BCUT2D eigenvalue weighted by Gasteiger charge is -2.25. The molecule has 0 aliphatic carbocycles. The van der Waals surface area contributed by atoms with E-state index in [-0.39, 0.29) is 17.9 Å². The summed E-state index contributed by atoms with van der Waals surface area (Å²) in [5.74, 6) is -0.946. The maximum atomic E-state index is 13.4. The number of hydrogen-bond acceptors (Lipinski definition) is 6. The van der Waals surface area contributed by atoms with E-state index in [1.54, 1.807) is 30.5 Å². The molecule has 2 heterocycles. The first kappa shape index (κ1) is 26.7. The summed E-state index contributed by atoms with van der Waals surface area (Å²) in [6, 6.07) is 27.4. The fourth-order valence-electron chi connectivity index (χ4n) is 4.86. The number of carbonyl (C=O) groups excluding carboxylic acids is 2. The summed E-state index contributed by atoms with van der Waals surface area (Å²) in [6.45, 7) is 2.43. The third-order valence-corrected chi connectivity index (χ3v) is 7.01. The molecule has 1 aliphatic heterocycles. The predicted molar refractivity (Wildman–Crippen MR) is 155 cm³/mol. The Hall–Kier alpha value is -4.91. The molecule has 202 valence electrons. The maximum absolute atomic E-state index is 13.4. The van der Waals surface area contributed by atoms with Crippen LogP contribution >= 0.6 is 0 Å². The summed E-state index contributed by atoms with van der Waals surface area (Å²) in [4.78, 5) is 34.6. The normalized spacial score (nSPS) is 16.3. The van der Waals surface area contributed by atoms with Crippen molar-refractivity contribution in [1.82, 2.24) is 9.88 Å². The molecule has 1 fully saturated rings. The van der Waals surface area contributed by atoms with Gasteiger partial charge >= 0.3 is 0 Å². The molecule has 5 rings (SSSR count). The number of nitrogens with zero attached hydrogens (tertiary/aromatic N) is 3. The first-order valence-corrected chi connectivity index (χ1v) is 13.1. The third-order valence-electron chi connectivity index (χ3n) is 7.01. The number of aromatic nitrogens is 1. The van der Waals surface area contributed by atoms with E-state index in [4.69, 9.17) is 4.74 Å². The van der Waals surface area contributed by atoms with Crippen LogP contribution in [-0.4, -0.2) is 40.8 Å². The molecule has 0 radical (unpaired) electrons. The zero-order chi connectivity index (χ0) is 28.2. The minimum atomic E-state index is -0.771. The third kappa shape index (κ3) is 5.45. The van der Waals surface area contributed by atoms with Gasteiger partial charge in [0.25, 0.3) is 11.7 Å². The number of Topliss-reactive ketones (excluding diaryl/α,β-unsaturated/α-hetero) is 1. The summed E-state index contributed by atoms with van der Waals surface area (Å²) < 4.78 is 5.99. The van der Waals surface area contributed by atoms with Crippen LogP contribution in [0.15, 0.2) is 103 Å². The number of anilines is 1. The average Bonchev–Trinajstić information content (AvgIpc) is 3.22. The van der Waals surface area contributed by atoms with Crippen LogP contribution in [0.2, 0.25) is 0 Å². The largest absolute Gasteiger partial charge is 0.507 e. The molecule has 0 spiro atoms. The van der Waals surface area contributed by atoms with E-state index >= 15 is 0 Å². The molecule has 3 aromatic carbocycles. The van der Waals surface area contributed by atoms with Crippen molar-refractivity contribution >= 4 is 23.1 Å². The monoisotopic (exact) mass is 533 g/mol. The number of aryl methyl sites for hydroxylation is 1. The number of likely N-dealkylation sites (tertiary alicyclic amines) is 1. The topological polar surface area (TPSA) is 83.0 Å². The second-order valence-corrected chi connectivity index (χ2v) is 9.99. The molecular weight excluding hydrogens is 502 g/mol. The summed E-state index contributed by atoms with van der Waals surface area (Å²) in [6.07, 6.45) is 1.65.